The lowest BCUT2D eigenvalue weighted by Gasteiger charge is -2.26. The van der Waals surface area contributed by atoms with Gasteiger partial charge in [0.25, 0.3) is 11.6 Å². The van der Waals surface area contributed by atoms with Crippen molar-refractivity contribution < 1.29 is 14.5 Å². The van der Waals surface area contributed by atoms with E-state index in [1.54, 1.807) is 6.07 Å². The number of halogens is 2. The maximum atomic E-state index is 12.3. The minimum absolute atomic E-state index is 0.114. The van der Waals surface area contributed by atoms with Crippen LogP contribution in [0.25, 0.3) is 6.08 Å². The molecule has 0 unspecified atom stereocenters. The van der Waals surface area contributed by atoms with Crippen molar-refractivity contribution in [1.29, 1.82) is 5.26 Å². The smallest absolute Gasteiger partial charge is 0.288 e. The third-order valence-electron chi connectivity index (χ3n) is 3.21. The number of morpholine rings is 1. The highest BCUT2D eigenvalue weighted by molar-refractivity contribution is 6.36. The van der Waals surface area contributed by atoms with E-state index in [0.717, 1.165) is 6.07 Å². The molecular weight excluding hydrogens is 345 g/mol. The van der Waals surface area contributed by atoms with Crippen LogP contribution >= 0.6 is 23.2 Å². The molecule has 7 nitrogen and oxygen atoms in total. The molecule has 0 saturated carbocycles. The molecule has 1 aliphatic rings. The number of benzene rings is 1. The first kappa shape index (κ1) is 17.2. The topological polar surface area (TPSA) is 96.5 Å². The Bertz CT molecular complexity index is 721. The van der Waals surface area contributed by atoms with E-state index in [0.29, 0.717) is 26.3 Å². The van der Waals surface area contributed by atoms with E-state index < -0.39 is 10.8 Å². The fourth-order valence-corrected chi connectivity index (χ4v) is 2.55. The first-order valence-electron chi connectivity index (χ1n) is 6.56. The number of nitrogens with zero attached hydrogens (tertiary/aromatic N) is 3. The number of carbonyl (C=O) groups is 1. The van der Waals surface area contributed by atoms with Gasteiger partial charge in [-0.1, -0.05) is 23.2 Å². The van der Waals surface area contributed by atoms with Crippen LogP contribution in [0.3, 0.4) is 0 Å². The average Bonchev–Trinajstić information content (AvgIpc) is 2.54. The molecule has 0 bridgehead atoms. The van der Waals surface area contributed by atoms with Gasteiger partial charge in [0.1, 0.15) is 16.7 Å². The summed E-state index contributed by atoms with van der Waals surface area (Å²) in [7, 11) is 0. The van der Waals surface area contributed by atoms with Crippen LogP contribution in [0, 0.1) is 21.4 Å². The summed E-state index contributed by atoms with van der Waals surface area (Å²) in [6.07, 6.45) is 1.23. The van der Waals surface area contributed by atoms with Crippen molar-refractivity contribution in [3.05, 3.63) is 43.4 Å². The van der Waals surface area contributed by atoms with Gasteiger partial charge in [0, 0.05) is 29.7 Å². The highest BCUT2D eigenvalue weighted by atomic mass is 35.5. The Kier molecular flexibility index (Phi) is 5.55. The molecule has 9 heteroatoms. The number of nitro benzene ring substituents is 1. The van der Waals surface area contributed by atoms with Gasteiger partial charge in [0.15, 0.2) is 0 Å². The van der Waals surface area contributed by atoms with E-state index in [-0.39, 0.29) is 26.9 Å². The van der Waals surface area contributed by atoms with Crippen LogP contribution in [0.5, 0.6) is 0 Å². The van der Waals surface area contributed by atoms with E-state index in [4.69, 9.17) is 27.9 Å². The number of carbonyl (C=O) groups excluding carboxylic acids is 1. The minimum atomic E-state index is -0.661. The second kappa shape index (κ2) is 7.42. The van der Waals surface area contributed by atoms with Gasteiger partial charge in [-0.05, 0) is 12.1 Å². The minimum Gasteiger partial charge on any atom is -0.378 e. The van der Waals surface area contributed by atoms with Gasteiger partial charge in [0.2, 0.25) is 0 Å². The monoisotopic (exact) mass is 355 g/mol. The van der Waals surface area contributed by atoms with Crippen molar-refractivity contribution in [2.45, 2.75) is 0 Å². The summed E-state index contributed by atoms with van der Waals surface area (Å²) in [4.78, 5) is 24.1. The first-order chi connectivity index (χ1) is 10.9. The maximum Gasteiger partial charge on any atom is 0.288 e. The number of hydrogen-bond donors (Lipinski definition) is 0. The SMILES string of the molecule is N#C/C(=C/c1cc([N+](=O)[O-])c(Cl)cc1Cl)C(=O)N1CCOCC1. The van der Waals surface area contributed by atoms with Gasteiger partial charge in [-0.25, -0.2) is 0 Å². The van der Waals surface area contributed by atoms with Gasteiger partial charge in [0.05, 0.1) is 18.1 Å². The molecule has 2 rings (SSSR count). The fourth-order valence-electron chi connectivity index (χ4n) is 2.04. The van der Waals surface area contributed by atoms with Crippen molar-refractivity contribution in [1.82, 2.24) is 4.90 Å². The second-order valence-electron chi connectivity index (χ2n) is 4.66. The van der Waals surface area contributed by atoms with Gasteiger partial charge < -0.3 is 9.64 Å². The summed E-state index contributed by atoms with van der Waals surface area (Å²) in [5, 5.41) is 20.1. The molecule has 1 aromatic carbocycles. The molecule has 23 heavy (non-hydrogen) atoms. The van der Waals surface area contributed by atoms with Crippen molar-refractivity contribution in [2.24, 2.45) is 0 Å². The number of nitriles is 1. The Balaban J connectivity index is 2.38. The van der Waals surface area contributed by atoms with Crippen LogP contribution in [-0.2, 0) is 9.53 Å². The van der Waals surface area contributed by atoms with Crippen molar-refractivity contribution in [2.75, 3.05) is 26.3 Å². The summed E-state index contributed by atoms with van der Waals surface area (Å²) in [6, 6.07) is 4.15. The lowest BCUT2D eigenvalue weighted by Crippen LogP contribution is -2.41. The van der Waals surface area contributed by atoms with Crippen LogP contribution in [0.4, 0.5) is 5.69 Å². The Morgan fingerprint density at radius 3 is 2.57 bits per heavy atom. The standard InChI is InChI=1S/C14H11Cl2N3O4/c15-11-7-12(16)13(19(21)22)6-9(11)5-10(8-17)14(20)18-1-3-23-4-2-18/h5-7H,1-4H2/b10-5-. The first-order valence-corrected chi connectivity index (χ1v) is 7.32. The lowest BCUT2D eigenvalue weighted by molar-refractivity contribution is -0.384. The predicted octanol–water partition coefficient (Wildman–Crippen LogP) is 2.67. The summed E-state index contributed by atoms with van der Waals surface area (Å²) < 4.78 is 5.15. The number of ether oxygens (including phenoxy) is 1. The number of amides is 1. The number of nitro groups is 1. The largest absolute Gasteiger partial charge is 0.378 e. The maximum absolute atomic E-state index is 12.3. The molecule has 0 radical (unpaired) electrons. The van der Waals surface area contributed by atoms with Gasteiger partial charge in [-0.3, -0.25) is 14.9 Å². The van der Waals surface area contributed by atoms with E-state index in [1.807, 2.05) is 0 Å². The molecule has 1 aliphatic heterocycles. The van der Waals surface area contributed by atoms with Crippen LogP contribution in [0.1, 0.15) is 5.56 Å². The predicted molar refractivity (Wildman–Crippen MR) is 84.1 cm³/mol. The zero-order valence-corrected chi connectivity index (χ0v) is 13.3. The summed E-state index contributed by atoms with van der Waals surface area (Å²) >= 11 is 11.7. The van der Waals surface area contributed by atoms with Gasteiger partial charge in [-0.15, -0.1) is 0 Å². The molecule has 1 saturated heterocycles. The fraction of sp³-hybridized carbons (Fsp3) is 0.286. The second-order valence-corrected chi connectivity index (χ2v) is 5.47. The zero-order valence-electron chi connectivity index (χ0n) is 11.8. The quantitative estimate of drug-likeness (QED) is 0.359. The molecule has 0 atom stereocenters. The third-order valence-corrected chi connectivity index (χ3v) is 3.84. The van der Waals surface area contributed by atoms with Gasteiger partial charge in [-0.2, -0.15) is 5.26 Å². The molecule has 0 spiro atoms. The third kappa shape index (κ3) is 3.99. The molecule has 1 amide bonds. The van der Waals surface area contributed by atoms with E-state index in [1.165, 1.54) is 17.0 Å². The van der Waals surface area contributed by atoms with Crippen molar-refractivity contribution >= 4 is 40.9 Å². The normalized spacial score (nSPS) is 15.2. The molecule has 1 heterocycles. The highest BCUT2D eigenvalue weighted by Crippen LogP contribution is 2.32. The summed E-state index contributed by atoms with van der Waals surface area (Å²) in [6.45, 7) is 1.56. The summed E-state index contributed by atoms with van der Waals surface area (Å²) in [5.74, 6) is -0.468. The van der Waals surface area contributed by atoms with Gasteiger partial charge >= 0.3 is 0 Å². The Labute approximate surface area is 141 Å². The van der Waals surface area contributed by atoms with E-state index in [2.05, 4.69) is 0 Å². The van der Waals surface area contributed by atoms with Crippen LogP contribution < -0.4 is 0 Å². The summed E-state index contributed by atoms with van der Waals surface area (Å²) in [5.41, 5.74) is -0.329. The molecule has 0 aromatic heterocycles. The number of rotatable bonds is 3. The zero-order chi connectivity index (χ0) is 17.0. The van der Waals surface area contributed by atoms with Crippen LogP contribution in [0.2, 0.25) is 10.0 Å². The Hall–Kier alpha value is -2.14. The molecule has 1 aromatic rings. The van der Waals surface area contributed by atoms with Crippen LogP contribution in [0.15, 0.2) is 17.7 Å². The molecular formula is C14H11Cl2N3O4. The highest BCUT2D eigenvalue weighted by Gasteiger charge is 2.22. The van der Waals surface area contributed by atoms with E-state index >= 15 is 0 Å². The van der Waals surface area contributed by atoms with Crippen molar-refractivity contribution in [3.63, 3.8) is 0 Å². The average molecular weight is 356 g/mol. The van der Waals surface area contributed by atoms with Crippen LogP contribution in [-0.4, -0.2) is 42.0 Å². The molecule has 0 N–H and O–H groups in total. The molecule has 0 aliphatic carbocycles. The van der Waals surface area contributed by atoms with Crippen molar-refractivity contribution in [3.8, 4) is 6.07 Å². The Morgan fingerprint density at radius 2 is 2.00 bits per heavy atom. The lowest BCUT2D eigenvalue weighted by atomic mass is 10.1. The Morgan fingerprint density at radius 1 is 1.35 bits per heavy atom. The number of hydrogen-bond acceptors (Lipinski definition) is 5. The molecule has 120 valence electrons. The molecule has 1 fully saturated rings. The van der Waals surface area contributed by atoms with E-state index in [9.17, 15) is 20.2 Å².